The maximum absolute atomic E-state index is 9.00. The Labute approximate surface area is 63.0 Å². The molecule has 7 heavy (non-hydrogen) atoms. The first-order chi connectivity index (χ1) is 2.73. The average Bonchev–Trinajstić information content (AvgIpc) is 1.41. The molecule has 3 N–H and O–H groups in total. The van der Waals surface area contributed by atoms with Gasteiger partial charge in [-0.1, -0.05) is 0 Å². The van der Waals surface area contributed by atoms with Gasteiger partial charge in [-0.15, -0.1) is 0 Å². The molecule has 0 atom stereocenters. The van der Waals surface area contributed by atoms with E-state index in [0.717, 1.165) is 6.92 Å². The summed E-state index contributed by atoms with van der Waals surface area (Å²) in [7, 11) is 0. The molecule has 0 unspecified atom stereocenters. The molecule has 0 aromatic carbocycles. The summed E-state index contributed by atoms with van der Waals surface area (Å²) in [6.45, 7) is 1.08. The number of rotatable bonds is 0. The predicted octanol–water partition coefficient (Wildman–Crippen LogP) is -0.540. The molecule has 0 aromatic heterocycles. The van der Waals surface area contributed by atoms with Crippen LogP contribution in [0, 0.1) is 0 Å². The van der Waals surface area contributed by atoms with Gasteiger partial charge < -0.3 is 5.11 Å². The summed E-state index contributed by atoms with van der Waals surface area (Å²) in [6.07, 6.45) is 0. The van der Waals surface area contributed by atoms with Crippen LogP contribution < -0.4 is 0 Å². The number of carbonyl (C=O) groups is 1. The minimum atomic E-state index is -0.833. The van der Waals surface area contributed by atoms with Gasteiger partial charge in [-0.2, -0.15) is 0 Å². The summed E-state index contributed by atoms with van der Waals surface area (Å²) in [5.74, 6) is -0.833. The van der Waals surface area contributed by atoms with Crippen LogP contribution in [-0.4, -0.2) is 51.1 Å². The first kappa shape index (κ1) is 15.7. The van der Waals surface area contributed by atoms with E-state index >= 15 is 0 Å². The molecule has 0 amide bonds. The van der Waals surface area contributed by atoms with Crippen LogP contribution >= 0.6 is 0 Å². The van der Waals surface area contributed by atoms with Crippen LogP contribution in [0.25, 0.3) is 0 Å². The number of carboxylic acid groups (broad SMARTS) is 1. The maximum atomic E-state index is 9.00. The molecule has 0 heterocycles. The van der Waals surface area contributed by atoms with Gasteiger partial charge in [0.2, 0.25) is 0 Å². The second kappa shape index (κ2) is 16.2. The van der Waals surface area contributed by atoms with Crippen molar-refractivity contribution in [1.82, 2.24) is 0 Å². The third-order valence-electron chi connectivity index (χ3n) is 0. The van der Waals surface area contributed by atoms with Crippen molar-refractivity contribution < 1.29 is 20.4 Å². The molecule has 0 bridgehead atoms. The van der Waals surface area contributed by atoms with Crippen LogP contribution in [0.5, 0.6) is 0 Å². The third kappa shape index (κ3) is 810. The van der Waals surface area contributed by atoms with E-state index < -0.39 is 5.97 Å². The molecule has 0 rings (SSSR count). The zero-order chi connectivity index (χ0) is 5.58. The first-order valence-electron chi connectivity index (χ1n) is 1.13. The fraction of sp³-hybridized carbons (Fsp3) is 0.500. The summed E-state index contributed by atoms with van der Waals surface area (Å²) in [5.41, 5.74) is 0. The predicted molar refractivity (Wildman–Crippen MR) is 25.7 cm³/mol. The number of hydrogen-bond donors (Lipinski definition) is 3. The molecule has 0 aliphatic heterocycles. The van der Waals surface area contributed by atoms with Gasteiger partial charge in [0.25, 0.3) is 5.97 Å². The molecular formula is C2H7NaO4. The van der Waals surface area contributed by atoms with Gasteiger partial charge in [0.15, 0.2) is 0 Å². The Morgan fingerprint density at radius 1 is 1.43 bits per heavy atom. The van der Waals surface area contributed by atoms with E-state index in [0.29, 0.717) is 0 Å². The molecule has 0 saturated carbocycles. The van der Waals surface area contributed by atoms with Crippen molar-refractivity contribution in [3.8, 4) is 0 Å². The van der Waals surface area contributed by atoms with Gasteiger partial charge in [0.1, 0.15) is 0 Å². The van der Waals surface area contributed by atoms with Gasteiger partial charge in [0.05, 0.1) is 0 Å². The molecule has 0 fully saturated rings. The van der Waals surface area contributed by atoms with E-state index in [9.17, 15) is 0 Å². The van der Waals surface area contributed by atoms with Crippen LogP contribution in [0.15, 0.2) is 0 Å². The second-order valence-corrected chi connectivity index (χ2v) is 0.519. The minimum absolute atomic E-state index is 0. The summed E-state index contributed by atoms with van der Waals surface area (Å²) in [6, 6.07) is 0. The Morgan fingerprint density at radius 3 is 1.43 bits per heavy atom. The van der Waals surface area contributed by atoms with Gasteiger partial charge in [-0.25, -0.2) is 0 Å². The van der Waals surface area contributed by atoms with Crippen LogP contribution in [0.2, 0.25) is 0 Å². The Bertz CT molecular complexity index is 32.7. The Hall–Kier alpha value is 0.390. The normalized spacial score (nSPS) is 4.43. The second-order valence-electron chi connectivity index (χ2n) is 0.519. The van der Waals surface area contributed by atoms with Crippen LogP contribution in [0.1, 0.15) is 6.92 Å². The van der Waals surface area contributed by atoms with Crippen LogP contribution in [-0.2, 0) is 4.79 Å². The Kier molecular flexibility index (Phi) is 36.1. The van der Waals surface area contributed by atoms with E-state index in [4.69, 9.17) is 20.4 Å². The number of hydrogen-bond acceptors (Lipinski definition) is 3. The van der Waals surface area contributed by atoms with E-state index in [1.54, 1.807) is 0 Å². The SMILES string of the molecule is CC(=O)O.OO.[NaH]. The zero-order valence-electron chi connectivity index (χ0n) is 3.25. The van der Waals surface area contributed by atoms with Crippen molar-refractivity contribution in [1.29, 1.82) is 0 Å². The van der Waals surface area contributed by atoms with Crippen LogP contribution in [0.3, 0.4) is 0 Å². The number of aliphatic carboxylic acids is 1. The van der Waals surface area contributed by atoms with Crippen molar-refractivity contribution in [2.75, 3.05) is 0 Å². The van der Waals surface area contributed by atoms with Crippen LogP contribution in [0.4, 0.5) is 0 Å². The molecule has 0 radical (unpaired) electrons. The fourth-order valence-corrected chi connectivity index (χ4v) is 0. The van der Waals surface area contributed by atoms with E-state index in [-0.39, 0.29) is 29.6 Å². The molecule has 40 valence electrons. The first-order valence-corrected chi connectivity index (χ1v) is 1.13. The fourth-order valence-electron chi connectivity index (χ4n) is 0. The topological polar surface area (TPSA) is 77.8 Å². The van der Waals surface area contributed by atoms with E-state index in [1.807, 2.05) is 0 Å². The summed E-state index contributed by atoms with van der Waals surface area (Å²) in [5, 5.41) is 19.4. The Morgan fingerprint density at radius 2 is 1.43 bits per heavy atom. The van der Waals surface area contributed by atoms with E-state index in [2.05, 4.69) is 0 Å². The number of carboxylic acids is 1. The van der Waals surface area contributed by atoms with Crippen molar-refractivity contribution in [2.45, 2.75) is 6.92 Å². The third-order valence-corrected chi connectivity index (χ3v) is 0. The van der Waals surface area contributed by atoms with Crippen molar-refractivity contribution in [3.63, 3.8) is 0 Å². The molecule has 0 saturated heterocycles. The van der Waals surface area contributed by atoms with Gasteiger partial charge in [-0.3, -0.25) is 15.3 Å². The van der Waals surface area contributed by atoms with Crippen molar-refractivity contribution in [3.05, 3.63) is 0 Å². The molecular weight excluding hydrogens is 111 g/mol. The zero-order valence-corrected chi connectivity index (χ0v) is 3.25. The summed E-state index contributed by atoms with van der Waals surface area (Å²) in [4.78, 5) is 9.00. The molecule has 5 heteroatoms. The molecule has 0 aliphatic carbocycles. The molecule has 0 aromatic rings. The molecule has 4 nitrogen and oxygen atoms in total. The van der Waals surface area contributed by atoms with Gasteiger partial charge >= 0.3 is 29.6 Å². The monoisotopic (exact) mass is 118 g/mol. The Balaban J connectivity index is -0.0000000480. The van der Waals surface area contributed by atoms with Gasteiger partial charge in [0, 0.05) is 6.92 Å². The van der Waals surface area contributed by atoms with Crippen molar-refractivity contribution in [2.24, 2.45) is 0 Å². The summed E-state index contributed by atoms with van der Waals surface area (Å²) >= 11 is 0. The van der Waals surface area contributed by atoms with Gasteiger partial charge in [-0.05, 0) is 0 Å². The molecule has 0 aliphatic rings. The quantitative estimate of drug-likeness (QED) is 0.227. The molecule has 0 spiro atoms. The van der Waals surface area contributed by atoms with Crippen molar-refractivity contribution >= 4 is 35.5 Å². The standard InChI is InChI=1S/C2H4O2.Na.H2O2.H/c1-2(3)4;;1-2;/h1H3,(H,3,4);;1-2H;. The average molecular weight is 118 g/mol. The van der Waals surface area contributed by atoms with E-state index in [1.165, 1.54) is 0 Å². The summed E-state index contributed by atoms with van der Waals surface area (Å²) < 4.78 is 0.